The van der Waals surface area contributed by atoms with Gasteiger partial charge in [-0.15, -0.1) is 0 Å². The maximum atomic E-state index is 11.0. The molecule has 0 amide bonds. The molecular weight excluding hydrogens is 908 g/mol. The fraction of sp³-hybridized carbons (Fsp3) is 0.269. The van der Waals surface area contributed by atoms with Gasteiger partial charge in [0.05, 0.1) is 21.4 Å². The summed E-state index contributed by atoms with van der Waals surface area (Å²) in [6.45, 7) is 6.39. The van der Waals surface area contributed by atoms with Crippen molar-refractivity contribution in [1.29, 1.82) is 10.5 Å². The molecule has 6 aromatic rings. The van der Waals surface area contributed by atoms with E-state index in [2.05, 4.69) is 32.7 Å². The first-order valence-corrected chi connectivity index (χ1v) is 22.6. The largest absolute Gasteiger partial charge is 0.487 e. The molecule has 14 nitrogen and oxygen atoms in total. The first-order valence-electron chi connectivity index (χ1n) is 21.8. The van der Waals surface area contributed by atoms with Gasteiger partial charge in [0.25, 0.3) is 0 Å². The zero-order chi connectivity index (χ0) is 48.4. The van der Waals surface area contributed by atoms with Gasteiger partial charge in [-0.05, 0) is 110 Å². The van der Waals surface area contributed by atoms with Gasteiger partial charge in [-0.25, -0.2) is 9.97 Å². The van der Waals surface area contributed by atoms with Crippen molar-refractivity contribution in [2.45, 2.75) is 79.0 Å². The Hall–Kier alpha value is -7.20. The summed E-state index contributed by atoms with van der Waals surface area (Å²) in [5, 5.41) is 44.0. The maximum absolute atomic E-state index is 11.0. The smallest absolute Gasteiger partial charge is 0.303 e. The second-order valence-corrected chi connectivity index (χ2v) is 16.5. The number of hydrogen-bond donors (Lipinski definition) is 4. The van der Waals surface area contributed by atoms with Crippen LogP contribution in [0.3, 0.4) is 0 Å². The minimum absolute atomic E-state index is 0.0510. The first-order chi connectivity index (χ1) is 32.9. The van der Waals surface area contributed by atoms with Gasteiger partial charge in [0.2, 0.25) is 0 Å². The van der Waals surface area contributed by atoms with Gasteiger partial charge < -0.3 is 39.8 Å². The number of carboxylic acids is 2. The molecule has 68 heavy (non-hydrogen) atoms. The lowest BCUT2D eigenvalue weighted by Crippen LogP contribution is -2.16. The Kier molecular flexibility index (Phi) is 18.5. The normalized spacial score (nSPS) is 10.8. The number of hydrogen-bond acceptors (Lipinski definition) is 12. The van der Waals surface area contributed by atoms with Crippen LogP contribution in [0.4, 0.5) is 0 Å². The van der Waals surface area contributed by atoms with E-state index in [0.717, 1.165) is 44.5 Å². The molecular formula is C52H50Cl2N6O8. The molecule has 0 unspecified atom stereocenters. The molecule has 0 saturated heterocycles. The Balaban J connectivity index is 1.17. The molecule has 0 radical (unpaired) electrons. The highest BCUT2D eigenvalue weighted by atomic mass is 35.5. The van der Waals surface area contributed by atoms with Crippen molar-refractivity contribution >= 4 is 35.1 Å². The molecule has 0 aliphatic carbocycles. The van der Waals surface area contributed by atoms with Gasteiger partial charge in [-0.1, -0.05) is 71.7 Å². The van der Waals surface area contributed by atoms with E-state index in [0.29, 0.717) is 83.5 Å². The molecule has 0 fully saturated rings. The minimum atomic E-state index is -0.858. The monoisotopic (exact) mass is 956 g/mol. The average molecular weight is 958 g/mol. The van der Waals surface area contributed by atoms with Gasteiger partial charge in [0.15, 0.2) is 0 Å². The average Bonchev–Trinajstić information content (AvgIpc) is 3.33. The summed E-state index contributed by atoms with van der Waals surface area (Å²) in [5.74, 6) is 0.107. The fourth-order valence-corrected chi connectivity index (χ4v) is 7.70. The second kappa shape index (κ2) is 25.1. The van der Waals surface area contributed by atoms with Crippen LogP contribution in [0.1, 0.15) is 81.8 Å². The van der Waals surface area contributed by atoms with Crippen molar-refractivity contribution < 1.29 is 38.7 Å². The van der Waals surface area contributed by atoms with Crippen LogP contribution in [0.15, 0.2) is 97.1 Å². The lowest BCUT2D eigenvalue weighted by Gasteiger charge is -2.19. The number of aliphatic carboxylic acids is 2. The van der Waals surface area contributed by atoms with Crippen LogP contribution in [0.25, 0.3) is 11.1 Å². The molecule has 4 N–H and O–H groups in total. The second-order valence-electron chi connectivity index (χ2n) is 15.7. The van der Waals surface area contributed by atoms with E-state index in [-0.39, 0.29) is 50.7 Å². The summed E-state index contributed by atoms with van der Waals surface area (Å²) >= 11 is 13.6. The summed E-state index contributed by atoms with van der Waals surface area (Å²) in [6, 6.07) is 33.5. The first kappa shape index (κ1) is 50.2. The molecule has 0 aliphatic rings. The van der Waals surface area contributed by atoms with Crippen molar-refractivity contribution in [3.8, 4) is 46.3 Å². The number of carboxylic acid groups (broad SMARTS) is 2. The number of nitriles is 2. The number of pyridine rings is 2. The molecule has 0 bridgehead atoms. The van der Waals surface area contributed by atoms with Crippen LogP contribution in [0, 0.1) is 36.5 Å². The van der Waals surface area contributed by atoms with Gasteiger partial charge in [-0.2, -0.15) is 10.5 Å². The summed E-state index contributed by atoms with van der Waals surface area (Å²) in [7, 11) is 0. The predicted octanol–water partition coefficient (Wildman–Crippen LogP) is 10.0. The lowest BCUT2D eigenvalue weighted by molar-refractivity contribution is -0.138. The van der Waals surface area contributed by atoms with Crippen molar-refractivity contribution in [3.05, 3.63) is 163 Å². The fourth-order valence-electron chi connectivity index (χ4n) is 7.22. The van der Waals surface area contributed by atoms with Crippen LogP contribution in [-0.2, 0) is 49.1 Å². The van der Waals surface area contributed by atoms with Gasteiger partial charge in [0.1, 0.15) is 73.0 Å². The molecule has 2 aromatic heterocycles. The third-order valence-corrected chi connectivity index (χ3v) is 11.5. The molecule has 16 heteroatoms. The molecule has 2 heterocycles. The van der Waals surface area contributed by atoms with E-state index in [1.54, 1.807) is 60.7 Å². The molecule has 0 aliphatic heterocycles. The third-order valence-electron chi connectivity index (χ3n) is 10.9. The SMILES string of the molecule is Cc1c(COc2cc(OCc3cccc(C#N)n3)c(CNCCCC(=O)O)cc2Cl)cccc1-c1cccc(COc2cc(OCc3cccc(C#N)n3)c(CNCCCC(=O)O)cc2Cl)c1C. The standard InChI is InChI=1S/C52H50Cl2N6O8/c1-33-35(29-65-49-23-47(67-31-41-13-5-11-39(25-55)59-41)37(21-45(49)53)27-57-19-7-17-51(61)62)9-3-15-43(33)44-16-4-10-36(34(44)2)30-66-50-24-48(68-32-42-14-6-12-40(26-56)60-42)38(22-46(50)54)28-58-20-8-18-52(63)64/h3-6,9-16,21-24,57-58H,7-8,17-20,27-32H2,1-2H3,(H,61,62)(H,63,64). The molecule has 0 atom stereocenters. The van der Waals surface area contributed by atoms with E-state index in [1.165, 1.54) is 0 Å². The number of benzene rings is 4. The summed E-state index contributed by atoms with van der Waals surface area (Å²) < 4.78 is 25.2. The van der Waals surface area contributed by atoms with Crippen LogP contribution in [0.2, 0.25) is 10.0 Å². The molecule has 0 spiro atoms. The Bertz CT molecular complexity index is 2640. The van der Waals surface area contributed by atoms with Crippen molar-refractivity contribution in [3.63, 3.8) is 0 Å². The highest BCUT2D eigenvalue weighted by Crippen LogP contribution is 2.37. The van der Waals surface area contributed by atoms with Gasteiger partial charge in [0, 0.05) is 49.2 Å². The number of aromatic nitrogens is 2. The van der Waals surface area contributed by atoms with Crippen LogP contribution in [0.5, 0.6) is 23.0 Å². The van der Waals surface area contributed by atoms with Gasteiger partial charge in [-0.3, -0.25) is 9.59 Å². The van der Waals surface area contributed by atoms with Crippen LogP contribution in [-0.4, -0.2) is 45.2 Å². The van der Waals surface area contributed by atoms with Crippen molar-refractivity contribution in [2.24, 2.45) is 0 Å². The quantitative estimate of drug-likeness (QED) is 0.0394. The number of carbonyl (C=O) groups is 2. The molecule has 4 aromatic carbocycles. The van der Waals surface area contributed by atoms with E-state index in [1.807, 2.05) is 50.3 Å². The zero-order valence-electron chi connectivity index (χ0n) is 37.6. The van der Waals surface area contributed by atoms with Gasteiger partial charge >= 0.3 is 11.9 Å². The summed E-state index contributed by atoms with van der Waals surface area (Å²) in [4.78, 5) is 30.7. The van der Waals surface area contributed by atoms with E-state index < -0.39 is 11.9 Å². The highest BCUT2D eigenvalue weighted by molar-refractivity contribution is 6.32. The van der Waals surface area contributed by atoms with E-state index in [4.69, 9.17) is 52.4 Å². The Morgan fingerprint density at radius 3 is 1.35 bits per heavy atom. The molecule has 350 valence electrons. The Labute approximate surface area is 405 Å². The minimum Gasteiger partial charge on any atom is -0.487 e. The Morgan fingerprint density at radius 1 is 0.559 bits per heavy atom. The zero-order valence-corrected chi connectivity index (χ0v) is 39.1. The summed E-state index contributed by atoms with van der Waals surface area (Å²) in [6.07, 6.45) is 1.02. The topological polar surface area (TPSA) is 209 Å². The third kappa shape index (κ3) is 14.4. The summed E-state index contributed by atoms with van der Waals surface area (Å²) in [5.41, 5.74) is 9.12. The van der Waals surface area contributed by atoms with Crippen molar-refractivity contribution in [1.82, 2.24) is 20.6 Å². The van der Waals surface area contributed by atoms with Crippen molar-refractivity contribution in [2.75, 3.05) is 13.1 Å². The van der Waals surface area contributed by atoms with E-state index >= 15 is 0 Å². The Morgan fingerprint density at radius 2 is 0.956 bits per heavy atom. The lowest BCUT2D eigenvalue weighted by atomic mass is 9.92. The predicted molar refractivity (Wildman–Crippen MR) is 257 cm³/mol. The highest BCUT2D eigenvalue weighted by Gasteiger charge is 2.17. The molecule has 0 saturated carbocycles. The maximum Gasteiger partial charge on any atom is 0.303 e. The number of ether oxygens (including phenoxy) is 4. The van der Waals surface area contributed by atoms with E-state index in [9.17, 15) is 20.1 Å². The molecule has 6 rings (SSSR count). The number of nitrogens with one attached hydrogen (secondary N) is 2. The van der Waals surface area contributed by atoms with Crippen LogP contribution >= 0.6 is 23.2 Å². The number of nitrogens with zero attached hydrogens (tertiary/aromatic N) is 4. The number of rotatable bonds is 25. The number of halogens is 2. The van der Waals surface area contributed by atoms with Crippen LogP contribution < -0.4 is 29.6 Å².